The fourth-order valence-corrected chi connectivity index (χ4v) is 3.47. The molecule has 0 saturated heterocycles. The Morgan fingerprint density at radius 2 is 1.65 bits per heavy atom. The number of benzene rings is 2. The molecule has 2 aromatic carbocycles. The van der Waals surface area contributed by atoms with Crippen molar-refractivity contribution in [3.8, 4) is 0 Å². The predicted molar refractivity (Wildman–Crippen MR) is 84.3 cm³/mol. The van der Waals surface area contributed by atoms with Crippen LogP contribution >= 0.6 is 15.9 Å². The maximum Gasteiger partial charge on any atom is 0.241 e. The van der Waals surface area contributed by atoms with Gasteiger partial charge in [-0.15, -0.1) is 0 Å². The first-order chi connectivity index (χ1) is 9.53. The molecule has 0 unspecified atom stereocenters. The highest BCUT2D eigenvalue weighted by Crippen LogP contribution is 2.17. The lowest BCUT2D eigenvalue weighted by Crippen LogP contribution is -2.26. The molecule has 0 heterocycles. The molecular formula is C15H16BrNO2S. The normalized spacial score (nSPS) is 13.1. The molecular weight excluding hydrogens is 338 g/mol. The van der Waals surface area contributed by atoms with Gasteiger partial charge in [-0.1, -0.05) is 58.4 Å². The number of halogens is 1. The summed E-state index contributed by atoms with van der Waals surface area (Å²) < 4.78 is 27.3. The fourth-order valence-electron chi connectivity index (χ4n) is 1.87. The Balaban J connectivity index is 2.18. The number of alkyl halides is 1. The molecule has 0 aromatic heterocycles. The zero-order chi connectivity index (χ0) is 14.6. The van der Waals surface area contributed by atoms with Crippen molar-refractivity contribution in [2.24, 2.45) is 0 Å². The minimum atomic E-state index is -3.50. The quantitative estimate of drug-likeness (QED) is 0.834. The number of hydrogen-bond donors (Lipinski definition) is 1. The molecule has 0 spiro atoms. The SMILES string of the molecule is C[C@@H](NS(=O)(=O)c1ccc(CBr)cc1)c1ccccc1. The second-order valence-corrected chi connectivity index (χ2v) is 6.81. The second kappa shape index (κ2) is 6.52. The highest BCUT2D eigenvalue weighted by atomic mass is 79.9. The summed E-state index contributed by atoms with van der Waals surface area (Å²) in [6, 6.07) is 16.1. The Kier molecular flexibility index (Phi) is 4.96. The van der Waals surface area contributed by atoms with E-state index in [1.54, 1.807) is 24.3 Å². The van der Waals surface area contributed by atoms with Crippen LogP contribution in [-0.2, 0) is 15.4 Å². The molecule has 0 radical (unpaired) electrons. The molecule has 5 heteroatoms. The van der Waals surface area contributed by atoms with Crippen molar-refractivity contribution in [2.75, 3.05) is 0 Å². The standard InChI is InChI=1S/C15H16BrNO2S/c1-12(14-5-3-2-4-6-14)17-20(18,19)15-9-7-13(11-16)8-10-15/h2-10,12,17H,11H2,1H3/t12-/m1/s1. The van der Waals surface area contributed by atoms with Crippen molar-refractivity contribution in [2.45, 2.75) is 23.2 Å². The third kappa shape index (κ3) is 3.69. The molecule has 106 valence electrons. The Morgan fingerprint density at radius 1 is 1.05 bits per heavy atom. The maximum atomic E-state index is 12.3. The molecule has 0 fully saturated rings. The summed E-state index contributed by atoms with van der Waals surface area (Å²) in [6.07, 6.45) is 0. The van der Waals surface area contributed by atoms with E-state index in [1.165, 1.54) is 0 Å². The van der Waals surface area contributed by atoms with Gasteiger partial charge in [0.2, 0.25) is 10.0 Å². The first-order valence-corrected chi connectivity index (χ1v) is 8.85. The van der Waals surface area contributed by atoms with Crippen LogP contribution in [0.4, 0.5) is 0 Å². The molecule has 0 amide bonds. The number of nitrogens with one attached hydrogen (secondary N) is 1. The van der Waals surface area contributed by atoms with Gasteiger partial charge in [-0.05, 0) is 30.2 Å². The van der Waals surface area contributed by atoms with Crippen molar-refractivity contribution in [1.82, 2.24) is 4.72 Å². The average Bonchev–Trinajstić information content (AvgIpc) is 2.48. The largest absolute Gasteiger partial charge is 0.241 e. The Hall–Kier alpha value is -1.17. The van der Waals surface area contributed by atoms with Crippen molar-refractivity contribution in [3.05, 3.63) is 65.7 Å². The van der Waals surface area contributed by atoms with Crippen LogP contribution in [0.1, 0.15) is 24.1 Å². The van der Waals surface area contributed by atoms with Crippen molar-refractivity contribution < 1.29 is 8.42 Å². The smallest absolute Gasteiger partial charge is 0.207 e. The zero-order valence-electron chi connectivity index (χ0n) is 11.1. The molecule has 0 saturated carbocycles. The summed E-state index contributed by atoms with van der Waals surface area (Å²) in [7, 11) is -3.50. The van der Waals surface area contributed by atoms with Crippen LogP contribution in [0.15, 0.2) is 59.5 Å². The Morgan fingerprint density at radius 3 is 2.20 bits per heavy atom. The van der Waals surface area contributed by atoms with Gasteiger partial charge in [0.05, 0.1) is 4.90 Å². The van der Waals surface area contributed by atoms with Crippen LogP contribution in [0.25, 0.3) is 0 Å². The predicted octanol–water partition coefficient (Wildman–Crippen LogP) is 3.62. The molecule has 2 rings (SSSR count). The molecule has 0 aliphatic carbocycles. The molecule has 1 atom stereocenters. The molecule has 2 aromatic rings. The molecule has 0 aliphatic rings. The molecule has 20 heavy (non-hydrogen) atoms. The van der Waals surface area contributed by atoms with E-state index in [0.717, 1.165) is 11.1 Å². The van der Waals surface area contributed by atoms with E-state index in [2.05, 4.69) is 20.7 Å². The third-order valence-electron chi connectivity index (χ3n) is 3.02. The summed E-state index contributed by atoms with van der Waals surface area (Å²) in [5.74, 6) is 0. The third-order valence-corrected chi connectivity index (χ3v) is 5.22. The van der Waals surface area contributed by atoms with Crippen molar-refractivity contribution in [3.63, 3.8) is 0 Å². The monoisotopic (exact) mass is 353 g/mol. The van der Waals surface area contributed by atoms with Crippen molar-refractivity contribution >= 4 is 26.0 Å². The van der Waals surface area contributed by atoms with Gasteiger partial charge in [0.15, 0.2) is 0 Å². The fraction of sp³-hybridized carbons (Fsp3) is 0.200. The summed E-state index contributed by atoms with van der Waals surface area (Å²) >= 11 is 3.34. The minimum Gasteiger partial charge on any atom is -0.207 e. The maximum absolute atomic E-state index is 12.3. The van der Waals surface area contributed by atoms with Gasteiger partial charge in [-0.2, -0.15) is 0 Å². The van der Waals surface area contributed by atoms with Gasteiger partial charge < -0.3 is 0 Å². The zero-order valence-corrected chi connectivity index (χ0v) is 13.5. The first kappa shape index (κ1) is 15.2. The topological polar surface area (TPSA) is 46.2 Å². The van der Waals surface area contributed by atoms with E-state index in [0.29, 0.717) is 5.33 Å². The lowest BCUT2D eigenvalue weighted by atomic mass is 10.1. The van der Waals surface area contributed by atoms with E-state index >= 15 is 0 Å². The summed E-state index contributed by atoms with van der Waals surface area (Å²) in [5, 5.41) is 0.709. The van der Waals surface area contributed by atoms with E-state index in [-0.39, 0.29) is 10.9 Å². The lowest BCUT2D eigenvalue weighted by molar-refractivity contribution is 0.567. The number of hydrogen-bond acceptors (Lipinski definition) is 2. The van der Waals surface area contributed by atoms with Gasteiger partial charge in [0, 0.05) is 11.4 Å². The summed E-state index contributed by atoms with van der Waals surface area (Å²) in [6.45, 7) is 1.83. The van der Waals surface area contributed by atoms with Crippen LogP contribution in [0, 0.1) is 0 Å². The Bertz CT molecular complexity index is 654. The highest BCUT2D eigenvalue weighted by molar-refractivity contribution is 9.08. The van der Waals surface area contributed by atoms with Gasteiger partial charge in [-0.3, -0.25) is 0 Å². The summed E-state index contributed by atoms with van der Waals surface area (Å²) in [5.41, 5.74) is 1.98. The van der Waals surface area contributed by atoms with E-state index in [4.69, 9.17) is 0 Å². The van der Waals surface area contributed by atoms with Gasteiger partial charge in [0.1, 0.15) is 0 Å². The van der Waals surface area contributed by atoms with E-state index in [9.17, 15) is 8.42 Å². The van der Waals surface area contributed by atoms with Crippen LogP contribution < -0.4 is 4.72 Å². The molecule has 0 aliphatic heterocycles. The lowest BCUT2D eigenvalue weighted by Gasteiger charge is -2.14. The van der Waals surface area contributed by atoms with Crippen LogP contribution in [-0.4, -0.2) is 8.42 Å². The summed E-state index contributed by atoms with van der Waals surface area (Å²) in [4.78, 5) is 0.282. The van der Waals surface area contributed by atoms with Gasteiger partial charge in [-0.25, -0.2) is 13.1 Å². The second-order valence-electron chi connectivity index (χ2n) is 4.53. The molecule has 0 bridgehead atoms. The molecule has 1 N–H and O–H groups in total. The first-order valence-electron chi connectivity index (χ1n) is 6.25. The Labute approximate surface area is 128 Å². The van der Waals surface area contributed by atoms with Crippen LogP contribution in [0.3, 0.4) is 0 Å². The van der Waals surface area contributed by atoms with Crippen LogP contribution in [0.5, 0.6) is 0 Å². The number of sulfonamides is 1. The van der Waals surface area contributed by atoms with E-state index in [1.807, 2.05) is 37.3 Å². The number of rotatable bonds is 5. The highest BCUT2D eigenvalue weighted by Gasteiger charge is 2.17. The molecule has 3 nitrogen and oxygen atoms in total. The van der Waals surface area contributed by atoms with Gasteiger partial charge >= 0.3 is 0 Å². The minimum absolute atomic E-state index is 0.267. The van der Waals surface area contributed by atoms with Crippen molar-refractivity contribution in [1.29, 1.82) is 0 Å². The average molecular weight is 354 g/mol. The van der Waals surface area contributed by atoms with Gasteiger partial charge in [0.25, 0.3) is 0 Å². The van der Waals surface area contributed by atoms with Crippen LogP contribution in [0.2, 0.25) is 0 Å². The van der Waals surface area contributed by atoms with E-state index < -0.39 is 10.0 Å².